The van der Waals surface area contributed by atoms with E-state index in [1.165, 1.54) is 17.2 Å². The van der Waals surface area contributed by atoms with Crippen molar-refractivity contribution < 1.29 is 9.90 Å². The summed E-state index contributed by atoms with van der Waals surface area (Å²) in [5, 5.41) is 12.5. The number of phenols is 1. The van der Waals surface area contributed by atoms with E-state index >= 15 is 0 Å². The van der Waals surface area contributed by atoms with E-state index in [-0.39, 0.29) is 11.7 Å². The summed E-state index contributed by atoms with van der Waals surface area (Å²) in [6.07, 6.45) is 0.800. The second kappa shape index (κ2) is 6.74. The van der Waals surface area contributed by atoms with Crippen molar-refractivity contribution in [3.63, 3.8) is 0 Å². The molecule has 0 radical (unpaired) electrons. The fraction of sp³-hybridized carbons (Fsp3) is 0.188. The molecule has 0 unspecified atom stereocenters. The third kappa shape index (κ3) is 3.72. The molecule has 2 aromatic rings. The van der Waals surface area contributed by atoms with Crippen LogP contribution in [0, 0.1) is 10.5 Å². The van der Waals surface area contributed by atoms with Crippen LogP contribution in [0.2, 0.25) is 0 Å². The maximum atomic E-state index is 12.0. The predicted octanol–water partition coefficient (Wildman–Crippen LogP) is 3.28. The van der Waals surface area contributed by atoms with Gasteiger partial charge in [-0.25, -0.2) is 0 Å². The van der Waals surface area contributed by atoms with Gasteiger partial charge in [0.1, 0.15) is 5.75 Å². The second-order valence-electron chi connectivity index (χ2n) is 4.60. The molecular weight excluding hydrogens is 365 g/mol. The van der Waals surface area contributed by atoms with Crippen molar-refractivity contribution in [3.05, 3.63) is 62.7 Å². The Morgan fingerprint density at radius 3 is 2.70 bits per heavy atom. The van der Waals surface area contributed by atoms with Crippen LogP contribution in [0.3, 0.4) is 0 Å². The molecule has 2 rings (SSSR count). The van der Waals surface area contributed by atoms with Crippen molar-refractivity contribution in [2.24, 2.45) is 0 Å². The number of hydrogen-bond acceptors (Lipinski definition) is 2. The topological polar surface area (TPSA) is 49.3 Å². The normalized spacial score (nSPS) is 10.3. The molecule has 4 heteroatoms. The zero-order valence-electron chi connectivity index (χ0n) is 11.2. The molecule has 0 atom stereocenters. The zero-order valence-corrected chi connectivity index (χ0v) is 13.3. The van der Waals surface area contributed by atoms with E-state index in [4.69, 9.17) is 0 Å². The quantitative estimate of drug-likeness (QED) is 0.799. The van der Waals surface area contributed by atoms with Gasteiger partial charge in [-0.1, -0.05) is 24.3 Å². The maximum absolute atomic E-state index is 12.0. The maximum Gasteiger partial charge on any atom is 0.251 e. The average molecular weight is 381 g/mol. The molecule has 0 aromatic heterocycles. The fourth-order valence-corrected chi connectivity index (χ4v) is 2.29. The number of rotatable bonds is 4. The molecule has 0 fully saturated rings. The van der Waals surface area contributed by atoms with Crippen LogP contribution in [0.1, 0.15) is 21.5 Å². The highest BCUT2D eigenvalue weighted by atomic mass is 127. The summed E-state index contributed by atoms with van der Waals surface area (Å²) in [6, 6.07) is 13.1. The van der Waals surface area contributed by atoms with Crippen molar-refractivity contribution in [3.8, 4) is 5.75 Å². The number of carbonyl (C=O) groups is 1. The van der Waals surface area contributed by atoms with Gasteiger partial charge < -0.3 is 10.4 Å². The molecule has 0 aliphatic rings. The predicted molar refractivity (Wildman–Crippen MR) is 88.0 cm³/mol. The Balaban J connectivity index is 1.92. The van der Waals surface area contributed by atoms with Gasteiger partial charge in [-0.2, -0.15) is 0 Å². The number of nitrogens with one attached hydrogen (secondary N) is 1. The zero-order chi connectivity index (χ0) is 14.5. The minimum atomic E-state index is -0.162. The SMILES string of the molecule is Cc1ccccc1CCNC(=O)c1ccc(I)c(O)c1. The molecular formula is C16H16INO2. The van der Waals surface area contributed by atoms with Crippen LogP contribution in [0.15, 0.2) is 42.5 Å². The number of amides is 1. The van der Waals surface area contributed by atoms with Crippen molar-refractivity contribution in [1.82, 2.24) is 5.32 Å². The minimum Gasteiger partial charge on any atom is -0.507 e. The molecule has 0 saturated carbocycles. The van der Waals surface area contributed by atoms with Gasteiger partial charge in [0.05, 0.1) is 3.57 Å². The number of aromatic hydroxyl groups is 1. The minimum absolute atomic E-state index is 0.136. The highest BCUT2D eigenvalue weighted by Gasteiger charge is 2.07. The largest absolute Gasteiger partial charge is 0.507 e. The van der Waals surface area contributed by atoms with E-state index in [1.54, 1.807) is 12.1 Å². The van der Waals surface area contributed by atoms with Crippen molar-refractivity contribution in [1.29, 1.82) is 0 Å². The Morgan fingerprint density at radius 1 is 1.25 bits per heavy atom. The van der Waals surface area contributed by atoms with E-state index in [1.807, 2.05) is 34.7 Å². The summed E-state index contributed by atoms with van der Waals surface area (Å²) < 4.78 is 0.735. The second-order valence-corrected chi connectivity index (χ2v) is 5.76. The Hall–Kier alpha value is -1.56. The number of benzene rings is 2. The van der Waals surface area contributed by atoms with Crippen LogP contribution in [-0.2, 0) is 6.42 Å². The van der Waals surface area contributed by atoms with Gasteiger partial charge in [0.25, 0.3) is 5.91 Å². The first-order valence-electron chi connectivity index (χ1n) is 6.39. The smallest absolute Gasteiger partial charge is 0.251 e. The third-order valence-electron chi connectivity index (χ3n) is 3.15. The molecule has 2 N–H and O–H groups in total. The van der Waals surface area contributed by atoms with E-state index < -0.39 is 0 Å². The van der Waals surface area contributed by atoms with Crippen LogP contribution in [0.5, 0.6) is 5.75 Å². The molecule has 3 nitrogen and oxygen atoms in total. The van der Waals surface area contributed by atoms with Crippen LogP contribution in [0.4, 0.5) is 0 Å². The van der Waals surface area contributed by atoms with Crippen LogP contribution in [0.25, 0.3) is 0 Å². The van der Waals surface area contributed by atoms with E-state index in [2.05, 4.69) is 24.4 Å². The number of phenolic OH excluding ortho intramolecular Hbond substituents is 1. The summed E-state index contributed by atoms with van der Waals surface area (Å²) in [6.45, 7) is 2.64. The molecule has 20 heavy (non-hydrogen) atoms. The summed E-state index contributed by atoms with van der Waals surface area (Å²) in [7, 11) is 0. The van der Waals surface area contributed by atoms with Gasteiger partial charge in [-0.05, 0) is 65.3 Å². The van der Waals surface area contributed by atoms with Crippen LogP contribution < -0.4 is 5.32 Å². The standard InChI is InChI=1S/C16H16INO2/c1-11-4-2-3-5-12(11)8-9-18-16(20)13-6-7-14(17)15(19)10-13/h2-7,10,19H,8-9H2,1H3,(H,18,20). The van der Waals surface area contributed by atoms with Gasteiger partial charge in [0.2, 0.25) is 0 Å². The first kappa shape index (κ1) is 14.8. The first-order valence-corrected chi connectivity index (χ1v) is 7.47. The van der Waals surface area contributed by atoms with E-state index in [9.17, 15) is 9.90 Å². The highest BCUT2D eigenvalue weighted by Crippen LogP contribution is 2.20. The van der Waals surface area contributed by atoms with Crippen LogP contribution >= 0.6 is 22.6 Å². The molecule has 104 valence electrons. The van der Waals surface area contributed by atoms with Gasteiger partial charge in [0.15, 0.2) is 0 Å². The number of halogens is 1. The lowest BCUT2D eigenvalue weighted by Gasteiger charge is -2.08. The third-order valence-corrected chi connectivity index (χ3v) is 4.06. The molecule has 0 heterocycles. The Morgan fingerprint density at radius 2 is 2.00 bits per heavy atom. The molecule has 1 amide bonds. The van der Waals surface area contributed by atoms with Gasteiger partial charge in [-0.3, -0.25) is 4.79 Å². The molecule has 0 aliphatic carbocycles. The summed E-state index contributed by atoms with van der Waals surface area (Å²) in [4.78, 5) is 12.0. The summed E-state index contributed by atoms with van der Waals surface area (Å²) >= 11 is 2.02. The summed E-state index contributed by atoms with van der Waals surface area (Å²) in [5.74, 6) is -0.0255. The van der Waals surface area contributed by atoms with Crippen LogP contribution in [-0.4, -0.2) is 17.6 Å². The van der Waals surface area contributed by atoms with E-state index in [0.717, 1.165) is 9.99 Å². The Labute approximate surface area is 132 Å². The molecule has 0 bridgehead atoms. The van der Waals surface area contributed by atoms with Crippen molar-refractivity contribution >= 4 is 28.5 Å². The highest BCUT2D eigenvalue weighted by molar-refractivity contribution is 14.1. The lowest BCUT2D eigenvalue weighted by Crippen LogP contribution is -2.25. The fourth-order valence-electron chi connectivity index (χ4n) is 1.96. The molecule has 0 spiro atoms. The molecule has 0 aliphatic heterocycles. The van der Waals surface area contributed by atoms with Crippen molar-refractivity contribution in [2.45, 2.75) is 13.3 Å². The molecule has 2 aromatic carbocycles. The number of aryl methyl sites for hydroxylation is 1. The Kier molecular flexibility index (Phi) is 5.00. The Bertz CT molecular complexity index is 626. The van der Waals surface area contributed by atoms with Gasteiger partial charge in [0, 0.05) is 12.1 Å². The lowest BCUT2D eigenvalue weighted by molar-refractivity contribution is 0.0953. The number of hydrogen-bond donors (Lipinski definition) is 2. The lowest BCUT2D eigenvalue weighted by atomic mass is 10.1. The summed E-state index contributed by atoms with van der Waals surface area (Å²) in [5.41, 5.74) is 2.94. The monoisotopic (exact) mass is 381 g/mol. The first-order chi connectivity index (χ1) is 9.58. The van der Waals surface area contributed by atoms with Crippen molar-refractivity contribution in [2.75, 3.05) is 6.54 Å². The van der Waals surface area contributed by atoms with Gasteiger partial charge in [-0.15, -0.1) is 0 Å². The number of carbonyl (C=O) groups excluding carboxylic acids is 1. The average Bonchev–Trinajstić information content (AvgIpc) is 2.44. The molecule has 0 saturated heterocycles. The van der Waals surface area contributed by atoms with Gasteiger partial charge >= 0.3 is 0 Å². The van der Waals surface area contributed by atoms with E-state index in [0.29, 0.717) is 12.1 Å².